The summed E-state index contributed by atoms with van der Waals surface area (Å²) in [5, 5.41) is 4.91. The van der Waals surface area contributed by atoms with Gasteiger partial charge in [-0.05, 0) is 12.1 Å². The first-order valence-electron chi connectivity index (χ1n) is 7.61. The zero-order valence-electron chi connectivity index (χ0n) is 14.2. The van der Waals surface area contributed by atoms with Crippen LogP contribution in [0, 0.1) is 0 Å². The predicted octanol–water partition coefficient (Wildman–Crippen LogP) is 3.85. The summed E-state index contributed by atoms with van der Waals surface area (Å²) >= 11 is 1.55. The number of nitrogens with zero attached hydrogens (tertiary/aromatic N) is 4. The summed E-state index contributed by atoms with van der Waals surface area (Å²) in [7, 11) is 1.66. The van der Waals surface area contributed by atoms with Crippen LogP contribution >= 0.6 is 11.8 Å². The Balaban J connectivity index is 1.75. The Morgan fingerprint density at radius 2 is 2.12 bits per heavy atom. The third-order valence-electron chi connectivity index (χ3n) is 3.40. The molecule has 3 rings (SSSR count). The molecule has 0 aliphatic carbocycles. The number of imidazole rings is 1. The summed E-state index contributed by atoms with van der Waals surface area (Å²) in [6.07, 6.45) is 3.70. The van der Waals surface area contributed by atoms with Crippen molar-refractivity contribution in [1.82, 2.24) is 19.7 Å². The summed E-state index contributed by atoms with van der Waals surface area (Å²) < 4.78 is 12.6. The molecule has 6 nitrogen and oxygen atoms in total. The lowest BCUT2D eigenvalue weighted by molar-refractivity contribution is 0.372. The van der Waals surface area contributed by atoms with E-state index in [1.54, 1.807) is 25.1 Å². The summed E-state index contributed by atoms with van der Waals surface area (Å²) in [4.78, 5) is 8.87. The molecule has 0 saturated heterocycles. The monoisotopic (exact) mass is 344 g/mol. The Hall–Kier alpha value is -2.28. The van der Waals surface area contributed by atoms with Gasteiger partial charge in [0.1, 0.15) is 5.75 Å². The Kier molecular flexibility index (Phi) is 4.62. The van der Waals surface area contributed by atoms with E-state index in [-0.39, 0.29) is 5.41 Å². The molecule has 126 valence electrons. The number of hydrogen-bond acceptors (Lipinski definition) is 6. The molecule has 0 unspecified atom stereocenters. The highest BCUT2D eigenvalue weighted by atomic mass is 32.2. The molecule has 1 aromatic carbocycles. The Morgan fingerprint density at radius 1 is 1.29 bits per heavy atom. The van der Waals surface area contributed by atoms with E-state index in [0.717, 1.165) is 16.6 Å². The van der Waals surface area contributed by atoms with E-state index in [9.17, 15) is 0 Å². The van der Waals surface area contributed by atoms with Crippen LogP contribution in [0.1, 0.15) is 32.5 Å². The highest BCUT2D eigenvalue weighted by molar-refractivity contribution is 7.98. The normalized spacial score (nSPS) is 11.7. The van der Waals surface area contributed by atoms with E-state index < -0.39 is 0 Å². The fourth-order valence-electron chi connectivity index (χ4n) is 2.10. The zero-order chi connectivity index (χ0) is 17.2. The van der Waals surface area contributed by atoms with Gasteiger partial charge in [-0.15, -0.1) is 0 Å². The van der Waals surface area contributed by atoms with Crippen LogP contribution in [0.15, 0.2) is 46.3 Å². The van der Waals surface area contributed by atoms with Gasteiger partial charge >= 0.3 is 0 Å². The lowest BCUT2D eigenvalue weighted by Crippen LogP contribution is -2.13. The maximum absolute atomic E-state index is 5.33. The number of methoxy groups -OCH3 is 1. The first-order chi connectivity index (χ1) is 11.5. The van der Waals surface area contributed by atoms with E-state index >= 15 is 0 Å². The highest BCUT2D eigenvalue weighted by Crippen LogP contribution is 2.26. The third-order valence-corrected chi connectivity index (χ3v) is 4.35. The van der Waals surface area contributed by atoms with E-state index in [1.807, 2.05) is 35.0 Å². The number of hydrogen-bond donors (Lipinski definition) is 0. The van der Waals surface area contributed by atoms with Crippen molar-refractivity contribution in [2.45, 2.75) is 37.1 Å². The van der Waals surface area contributed by atoms with Crippen molar-refractivity contribution < 1.29 is 9.26 Å². The van der Waals surface area contributed by atoms with Gasteiger partial charge in [0.05, 0.1) is 18.6 Å². The largest absolute Gasteiger partial charge is 0.497 e. The van der Waals surface area contributed by atoms with Crippen LogP contribution in [0.5, 0.6) is 5.75 Å². The van der Waals surface area contributed by atoms with Crippen molar-refractivity contribution in [3.8, 4) is 11.4 Å². The second kappa shape index (κ2) is 6.68. The maximum atomic E-state index is 5.33. The standard InChI is InChI=1S/C17H20N4O2S/c1-17(2,3)15-19-14(23-20-15)11-24-16-18-8-9-21(16)12-6-5-7-13(10-12)22-4/h5-10H,11H2,1-4H3. The first kappa shape index (κ1) is 16.6. The van der Waals surface area contributed by atoms with Gasteiger partial charge < -0.3 is 9.26 Å². The van der Waals surface area contributed by atoms with Gasteiger partial charge in [-0.1, -0.05) is 43.8 Å². The molecule has 0 saturated carbocycles. The molecule has 0 amide bonds. The lowest BCUT2D eigenvalue weighted by atomic mass is 9.96. The molecule has 0 spiro atoms. The van der Waals surface area contributed by atoms with E-state index in [1.165, 1.54) is 0 Å². The summed E-state index contributed by atoms with van der Waals surface area (Å²) in [5.74, 6) is 2.70. The number of thioether (sulfide) groups is 1. The lowest BCUT2D eigenvalue weighted by Gasteiger charge is -2.10. The van der Waals surface area contributed by atoms with Crippen LogP contribution in [-0.2, 0) is 11.2 Å². The number of ether oxygens (including phenoxy) is 1. The Bertz CT molecular complexity index is 820. The van der Waals surface area contributed by atoms with Gasteiger partial charge in [-0.2, -0.15) is 4.98 Å². The molecule has 7 heteroatoms. The zero-order valence-corrected chi connectivity index (χ0v) is 15.0. The highest BCUT2D eigenvalue weighted by Gasteiger charge is 2.21. The third kappa shape index (κ3) is 3.62. The molecule has 24 heavy (non-hydrogen) atoms. The minimum absolute atomic E-state index is 0.120. The quantitative estimate of drug-likeness (QED) is 0.655. The minimum Gasteiger partial charge on any atom is -0.497 e. The van der Waals surface area contributed by atoms with Crippen molar-refractivity contribution in [3.63, 3.8) is 0 Å². The molecule has 0 bridgehead atoms. The van der Waals surface area contributed by atoms with E-state index in [2.05, 4.69) is 35.9 Å². The number of rotatable bonds is 5. The molecule has 0 N–H and O–H groups in total. The van der Waals surface area contributed by atoms with Crippen LogP contribution in [0.25, 0.3) is 5.69 Å². The van der Waals surface area contributed by atoms with Gasteiger partial charge in [-0.25, -0.2) is 4.98 Å². The van der Waals surface area contributed by atoms with Gasteiger partial charge in [0.15, 0.2) is 11.0 Å². The smallest absolute Gasteiger partial charge is 0.237 e. The Morgan fingerprint density at radius 3 is 2.83 bits per heavy atom. The van der Waals surface area contributed by atoms with Crippen molar-refractivity contribution in [1.29, 1.82) is 0 Å². The second-order valence-electron chi connectivity index (χ2n) is 6.33. The van der Waals surface area contributed by atoms with E-state index in [4.69, 9.17) is 9.26 Å². The minimum atomic E-state index is -0.120. The van der Waals surface area contributed by atoms with Crippen molar-refractivity contribution >= 4 is 11.8 Å². The summed E-state index contributed by atoms with van der Waals surface area (Å²) in [6, 6.07) is 7.85. The average molecular weight is 344 g/mol. The van der Waals surface area contributed by atoms with Crippen molar-refractivity contribution in [2.75, 3.05) is 7.11 Å². The fraction of sp³-hybridized carbons (Fsp3) is 0.353. The summed E-state index contributed by atoms with van der Waals surface area (Å²) in [6.45, 7) is 6.18. The van der Waals surface area contributed by atoms with Crippen molar-refractivity contribution in [3.05, 3.63) is 48.4 Å². The molecule has 2 heterocycles. The molecule has 2 aromatic heterocycles. The van der Waals surface area contributed by atoms with Gasteiger partial charge in [-0.3, -0.25) is 4.57 Å². The topological polar surface area (TPSA) is 66.0 Å². The number of aromatic nitrogens is 4. The van der Waals surface area contributed by atoms with Crippen LogP contribution in [0.3, 0.4) is 0 Å². The summed E-state index contributed by atoms with van der Waals surface area (Å²) in [5.41, 5.74) is 0.876. The van der Waals surface area contributed by atoms with Crippen LogP contribution < -0.4 is 4.74 Å². The average Bonchev–Trinajstić information content (AvgIpc) is 3.21. The Labute approximate surface area is 145 Å². The van der Waals surface area contributed by atoms with Crippen LogP contribution in [0.2, 0.25) is 0 Å². The molecular formula is C17H20N4O2S. The molecule has 0 aliphatic rings. The van der Waals surface area contributed by atoms with E-state index in [0.29, 0.717) is 17.5 Å². The van der Waals surface area contributed by atoms with Crippen LogP contribution in [-0.4, -0.2) is 26.8 Å². The maximum Gasteiger partial charge on any atom is 0.237 e. The molecule has 0 atom stereocenters. The SMILES string of the molecule is COc1cccc(-n2ccnc2SCc2nc(C(C)(C)C)no2)c1. The fourth-order valence-corrected chi connectivity index (χ4v) is 2.91. The van der Waals surface area contributed by atoms with Crippen molar-refractivity contribution in [2.24, 2.45) is 0 Å². The molecular weight excluding hydrogens is 324 g/mol. The van der Waals surface area contributed by atoms with Gasteiger partial charge in [0, 0.05) is 23.9 Å². The predicted molar refractivity (Wildman–Crippen MR) is 92.7 cm³/mol. The number of benzene rings is 1. The van der Waals surface area contributed by atoms with Gasteiger partial charge in [0.2, 0.25) is 5.89 Å². The van der Waals surface area contributed by atoms with Gasteiger partial charge in [0.25, 0.3) is 0 Å². The first-order valence-corrected chi connectivity index (χ1v) is 8.59. The second-order valence-corrected chi connectivity index (χ2v) is 7.27. The molecule has 0 fully saturated rings. The molecule has 3 aromatic rings. The molecule has 0 radical (unpaired) electrons. The van der Waals surface area contributed by atoms with Crippen LogP contribution in [0.4, 0.5) is 0 Å². The molecule has 0 aliphatic heterocycles.